The van der Waals surface area contributed by atoms with Crippen LogP contribution >= 0.6 is 0 Å². The van der Waals surface area contributed by atoms with Crippen molar-refractivity contribution in [1.29, 1.82) is 5.26 Å². The number of Topliss-reactive ketones (excluding diaryl/α,β-unsaturated/α-hetero) is 2. The van der Waals surface area contributed by atoms with Gasteiger partial charge in [-0.25, -0.2) is 4.39 Å². The van der Waals surface area contributed by atoms with Crippen LogP contribution in [-0.4, -0.2) is 39.7 Å². The summed E-state index contributed by atoms with van der Waals surface area (Å²) in [6.45, 7) is 3.45. The molecule has 3 heterocycles. The molecular formula is C21H20FN3O2. The number of nitriles is 1. The van der Waals surface area contributed by atoms with Gasteiger partial charge in [-0.3, -0.25) is 14.5 Å². The van der Waals surface area contributed by atoms with Gasteiger partial charge in [0.25, 0.3) is 0 Å². The molecule has 2 atom stereocenters. The first-order chi connectivity index (χ1) is 12.9. The Hall–Kier alpha value is -2.78. The van der Waals surface area contributed by atoms with E-state index in [1.165, 1.54) is 0 Å². The SMILES string of the molecule is Cc1c(F)c(C(=O)CN2C3CCC2C(=O)C3)c(C)n1-c1ccc(C#N)cc1. The number of hydrogen-bond acceptors (Lipinski definition) is 4. The number of hydrogen-bond donors (Lipinski definition) is 0. The summed E-state index contributed by atoms with van der Waals surface area (Å²) in [6.07, 6.45) is 2.23. The number of halogens is 1. The van der Waals surface area contributed by atoms with E-state index < -0.39 is 5.82 Å². The number of benzene rings is 1. The van der Waals surface area contributed by atoms with Gasteiger partial charge in [0, 0.05) is 23.8 Å². The topological polar surface area (TPSA) is 66.1 Å². The van der Waals surface area contributed by atoms with Gasteiger partial charge < -0.3 is 4.57 Å². The molecule has 1 aromatic heterocycles. The first kappa shape index (κ1) is 17.6. The van der Waals surface area contributed by atoms with Crippen molar-refractivity contribution in [2.45, 2.75) is 45.2 Å². The number of aromatic nitrogens is 1. The zero-order valence-electron chi connectivity index (χ0n) is 15.3. The highest BCUT2D eigenvalue weighted by Crippen LogP contribution is 2.35. The highest BCUT2D eigenvalue weighted by Gasteiger charge is 2.46. The van der Waals surface area contributed by atoms with Gasteiger partial charge in [0.1, 0.15) is 0 Å². The number of carbonyl (C=O) groups is 2. The Morgan fingerprint density at radius 3 is 2.48 bits per heavy atom. The summed E-state index contributed by atoms with van der Waals surface area (Å²) in [6, 6.07) is 8.82. The van der Waals surface area contributed by atoms with Crippen molar-refractivity contribution in [3.05, 3.63) is 52.6 Å². The molecule has 5 nitrogen and oxygen atoms in total. The first-order valence-electron chi connectivity index (χ1n) is 9.12. The fraction of sp³-hybridized carbons (Fsp3) is 0.381. The summed E-state index contributed by atoms with van der Waals surface area (Å²) in [5.41, 5.74) is 2.22. The zero-order valence-corrected chi connectivity index (χ0v) is 15.3. The molecule has 0 aliphatic carbocycles. The van der Waals surface area contributed by atoms with E-state index in [-0.39, 0.29) is 35.8 Å². The Kier molecular flexibility index (Phi) is 4.20. The molecule has 2 unspecified atom stereocenters. The average molecular weight is 365 g/mol. The van der Waals surface area contributed by atoms with Crippen molar-refractivity contribution < 1.29 is 14.0 Å². The molecular weight excluding hydrogens is 345 g/mol. The molecule has 0 saturated carbocycles. The Morgan fingerprint density at radius 2 is 1.93 bits per heavy atom. The molecule has 2 saturated heterocycles. The summed E-state index contributed by atoms with van der Waals surface area (Å²) in [5, 5.41) is 8.94. The summed E-state index contributed by atoms with van der Waals surface area (Å²) in [4.78, 5) is 26.8. The van der Waals surface area contributed by atoms with Crippen LogP contribution in [0.4, 0.5) is 4.39 Å². The molecule has 0 amide bonds. The number of fused-ring (bicyclic) bond motifs is 2. The molecule has 0 spiro atoms. The first-order valence-corrected chi connectivity index (χ1v) is 9.12. The lowest BCUT2D eigenvalue weighted by atomic mass is 10.00. The molecule has 2 aliphatic heterocycles. The van der Waals surface area contributed by atoms with Gasteiger partial charge in [-0.15, -0.1) is 0 Å². The van der Waals surface area contributed by atoms with Crippen molar-refractivity contribution in [1.82, 2.24) is 9.47 Å². The van der Waals surface area contributed by atoms with Gasteiger partial charge in [-0.05, 0) is 51.0 Å². The summed E-state index contributed by atoms with van der Waals surface area (Å²) in [7, 11) is 0. The zero-order chi connectivity index (χ0) is 19.3. The van der Waals surface area contributed by atoms with E-state index in [2.05, 4.69) is 6.07 Å². The van der Waals surface area contributed by atoms with E-state index in [1.54, 1.807) is 42.7 Å². The minimum absolute atomic E-state index is 0.0790. The van der Waals surface area contributed by atoms with Crippen LogP contribution in [0.15, 0.2) is 24.3 Å². The molecule has 1 aromatic carbocycles. The largest absolute Gasteiger partial charge is 0.315 e. The third-order valence-corrected chi connectivity index (χ3v) is 5.88. The molecule has 2 bridgehead atoms. The quantitative estimate of drug-likeness (QED) is 0.781. The van der Waals surface area contributed by atoms with E-state index in [4.69, 9.17) is 5.26 Å². The second-order valence-corrected chi connectivity index (χ2v) is 7.37. The van der Waals surface area contributed by atoms with Crippen LogP contribution < -0.4 is 0 Å². The minimum atomic E-state index is -0.514. The Morgan fingerprint density at radius 1 is 1.22 bits per heavy atom. The van der Waals surface area contributed by atoms with Gasteiger partial charge in [-0.2, -0.15) is 5.26 Å². The van der Waals surface area contributed by atoms with Crippen LogP contribution in [0.5, 0.6) is 0 Å². The molecule has 27 heavy (non-hydrogen) atoms. The monoisotopic (exact) mass is 365 g/mol. The molecule has 6 heteroatoms. The van der Waals surface area contributed by atoms with Gasteiger partial charge in [0.2, 0.25) is 0 Å². The maximum Gasteiger partial charge on any atom is 0.181 e. The normalized spacial score (nSPS) is 21.6. The van der Waals surface area contributed by atoms with E-state index >= 15 is 0 Å². The van der Waals surface area contributed by atoms with Crippen LogP contribution in [0.1, 0.15) is 46.6 Å². The van der Waals surface area contributed by atoms with Crippen molar-refractivity contribution in [3.8, 4) is 11.8 Å². The lowest BCUT2D eigenvalue weighted by Crippen LogP contribution is -2.35. The summed E-state index contributed by atoms with van der Waals surface area (Å²) in [5.74, 6) is -0.602. The summed E-state index contributed by atoms with van der Waals surface area (Å²) >= 11 is 0. The van der Waals surface area contributed by atoms with Crippen molar-refractivity contribution in [2.24, 2.45) is 0 Å². The van der Waals surface area contributed by atoms with Crippen molar-refractivity contribution in [2.75, 3.05) is 6.54 Å². The molecule has 138 valence electrons. The number of ketones is 2. The number of nitrogens with zero attached hydrogens (tertiary/aromatic N) is 3. The fourth-order valence-electron chi connectivity index (χ4n) is 4.55. The van der Waals surface area contributed by atoms with Crippen LogP contribution in [0.25, 0.3) is 5.69 Å². The second-order valence-electron chi connectivity index (χ2n) is 7.37. The molecule has 2 fully saturated rings. The lowest BCUT2D eigenvalue weighted by molar-refractivity contribution is -0.120. The maximum absolute atomic E-state index is 14.9. The third kappa shape index (κ3) is 2.70. The second kappa shape index (κ2) is 6.43. The standard InChI is InChI=1S/C21H20FN3O2/c1-12-20(19(27)11-24-16-7-8-17(24)18(26)9-16)21(22)13(2)25(12)15-5-3-14(10-23)4-6-15/h3-6,16-17H,7-9,11H2,1-2H3. The van der Waals surface area contributed by atoms with Crippen molar-refractivity contribution >= 4 is 11.6 Å². The highest BCUT2D eigenvalue weighted by molar-refractivity contribution is 6.00. The summed E-state index contributed by atoms with van der Waals surface area (Å²) < 4.78 is 16.6. The van der Waals surface area contributed by atoms with E-state index in [0.717, 1.165) is 12.8 Å². The smallest absolute Gasteiger partial charge is 0.181 e. The molecule has 0 N–H and O–H groups in total. The maximum atomic E-state index is 14.9. The van der Waals surface area contributed by atoms with Gasteiger partial charge in [0.05, 0.1) is 35.5 Å². The Labute approximate surface area is 157 Å². The molecule has 2 aromatic rings. The number of carbonyl (C=O) groups excluding carboxylic acids is 2. The predicted octanol–water partition coefficient (Wildman–Crippen LogP) is 3.09. The van der Waals surface area contributed by atoms with Crippen LogP contribution in [-0.2, 0) is 4.79 Å². The van der Waals surface area contributed by atoms with Gasteiger partial charge in [0.15, 0.2) is 17.4 Å². The minimum Gasteiger partial charge on any atom is -0.315 e. The van der Waals surface area contributed by atoms with Gasteiger partial charge in [-0.1, -0.05) is 0 Å². The van der Waals surface area contributed by atoms with Crippen LogP contribution in [0.3, 0.4) is 0 Å². The molecule has 0 radical (unpaired) electrons. The fourth-order valence-corrected chi connectivity index (χ4v) is 4.55. The molecule has 4 rings (SSSR count). The van der Waals surface area contributed by atoms with Crippen LogP contribution in [0, 0.1) is 31.0 Å². The Balaban J connectivity index is 1.66. The lowest BCUT2D eigenvalue weighted by Gasteiger charge is -2.19. The van der Waals surface area contributed by atoms with Crippen LogP contribution in [0.2, 0.25) is 0 Å². The predicted molar refractivity (Wildman–Crippen MR) is 97.4 cm³/mol. The van der Waals surface area contributed by atoms with Crippen molar-refractivity contribution in [3.63, 3.8) is 0 Å². The molecule has 2 aliphatic rings. The van der Waals surface area contributed by atoms with E-state index in [1.807, 2.05) is 4.90 Å². The third-order valence-electron chi connectivity index (χ3n) is 5.88. The Bertz CT molecular complexity index is 984. The van der Waals surface area contributed by atoms with E-state index in [0.29, 0.717) is 29.1 Å². The number of rotatable bonds is 4. The average Bonchev–Trinajstić information content (AvgIpc) is 3.24. The highest BCUT2D eigenvalue weighted by atomic mass is 19.1. The van der Waals surface area contributed by atoms with E-state index in [9.17, 15) is 14.0 Å². The van der Waals surface area contributed by atoms with Gasteiger partial charge >= 0.3 is 0 Å².